The highest BCUT2D eigenvalue weighted by atomic mass is 35.5. The highest BCUT2D eigenvalue weighted by molar-refractivity contribution is 6.71. The van der Waals surface area contributed by atoms with Gasteiger partial charge in [-0.1, -0.05) is 23.2 Å². The first-order valence-electron chi connectivity index (χ1n) is 5.07. The van der Waals surface area contributed by atoms with Crippen molar-refractivity contribution in [3.63, 3.8) is 0 Å². The molecule has 1 rings (SSSR count). The molecule has 0 N–H and O–H groups in total. The smallest absolute Gasteiger partial charge is 0.330 e. The molecule has 1 aromatic carbocycles. The van der Waals surface area contributed by atoms with Crippen LogP contribution >= 0.6 is 23.2 Å². The third-order valence-corrected chi connectivity index (χ3v) is 3.25. The van der Waals surface area contributed by atoms with Crippen molar-refractivity contribution in [3.8, 4) is 5.75 Å². The first-order valence-corrected chi connectivity index (χ1v) is 9.24. The summed E-state index contributed by atoms with van der Waals surface area (Å²) in [6, 6.07) is 4.82. The molecular weight excluding hydrogens is 279 g/mol. The SMILES string of the molecule is C[Si](C)(C)OC(=O)COc1ccc(Cl)c(Cl)c1. The molecule has 6 heteroatoms. The highest BCUT2D eigenvalue weighted by Crippen LogP contribution is 2.26. The second kappa shape index (κ2) is 5.75. The lowest BCUT2D eigenvalue weighted by atomic mass is 10.3. The number of halogens is 2. The van der Waals surface area contributed by atoms with E-state index in [1.54, 1.807) is 18.2 Å². The molecule has 3 nitrogen and oxygen atoms in total. The van der Waals surface area contributed by atoms with Crippen molar-refractivity contribution in [1.82, 2.24) is 0 Å². The molecule has 0 saturated carbocycles. The van der Waals surface area contributed by atoms with E-state index in [0.717, 1.165) is 0 Å². The summed E-state index contributed by atoms with van der Waals surface area (Å²) in [7, 11) is -1.86. The normalized spacial score (nSPS) is 11.1. The molecule has 0 heterocycles. The van der Waals surface area contributed by atoms with Gasteiger partial charge in [0, 0.05) is 6.07 Å². The Hall–Kier alpha value is -0.713. The zero-order chi connectivity index (χ0) is 13.1. The van der Waals surface area contributed by atoms with Gasteiger partial charge in [0.2, 0.25) is 8.32 Å². The summed E-state index contributed by atoms with van der Waals surface area (Å²) in [5, 5.41) is 0.839. The maximum Gasteiger partial charge on any atom is 0.330 e. The zero-order valence-electron chi connectivity index (χ0n) is 9.92. The molecule has 0 spiro atoms. The molecule has 0 radical (unpaired) electrons. The van der Waals surface area contributed by atoms with Crippen molar-refractivity contribution in [3.05, 3.63) is 28.2 Å². The average Bonchev–Trinajstić information content (AvgIpc) is 2.17. The van der Waals surface area contributed by atoms with Crippen LogP contribution in [0, 0.1) is 0 Å². The Morgan fingerprint density at radius 2 is 1.88 bits per heavy atom. The zero-order valence-corrected chi connectivity index (χ0v) is 12.4. The van der Waals surface area contributed by atoms with Gasteiger partial charge in [0.25, 0.3) is 0 Å². The molecule has 0 atom stereocenters. The minimum Gasteiger partial charge on any atom is -0.517 e. The van der Waals surface area contributed by atoms with Crippen LogP contribution in [0.5, 0.6) is 5.75 Å². The van der Waals surface area contributed by atoms with Gasteiger partial charge < -0.3 is 9.16 Å². The van der Waals surface area contributed by atoms with Crippen LogP contribution in [-0.2, 0) is 9.22 Å². The minimum atomic E-state index is -1.86. The van der Waals surface area contributed by atoms with Crippen LogP contribution in [0.4, 0.5) is 0 Å². The lowest BCUT2D eigenvalue weighted by Gasteiger charge is -2.17. The van der Waals surface area contributed by atoms with Gasteiger partial charge in [-0.25, -0.2) is 4.79 Å². The van der Waals surface area contributed by atoms with Crippen molar-refractivity contribution >= 4 is 37.5 Å². The highest BCUT2D eigenvalue weighted by Gasteiger charge is 2.20. The summed E-state index contributed by atoms with van der Waals surface area (Å²) in [4.78, 5) is 11.4. The van der Waals surface area contributed by atoms with Crippen molar-refractivity contribution in [2.45, 2.75) is 19.6 Å². The van der Waals surface area contributed by atoms with E-state index in [4.69, 9.17) is 32.4 Å². The maximum absolute atomic E-state index is 11.4. The molecular formula is C11H14Cl2O3Si. The van der Waals surface area contributed by atoms with Crippen LogP contribution in [0.2, 0.25) is 29.7 Å². The van der Waals surface area contributed by atoms with Gasteiger partial charge in [0.15, 0.2) is 6.61 Å². The van der Waals surface area contributed by atoms with E-state index in [1.165, 1.54) is 0 Å². The minimum absolute atomic E-state index is 0.123. The van der Waals surface area contributed by atoms with Crippen LogP contribution in [-0.4, -0.2) is 20.9 Å². The van der Waals surface area contributed by atoms with E-state index < -0.39 is 8.32 Å². The summed E-state index contributed by atoms with van der Waals surface area (Å²) in [5.74, 6) is 0.127. The summed E-state index contributed by atoms with van der Waals surface area (Å²) >= 11 is 11.6. The topological polar surface area (TPSA) is 35.5 Å². The molecule has 0 amide bonds. The fourth-order valence-corrected chi connectivity index (χ4v) is 2.11. The lowest BCUT2D eigenvalue weighted by molar-refractivity contribution is -0.137. The van der Waals surface area contributed by atoms with Crippen LogP contribution in [0.15, 0.2) is 18.2 Å². The Morgan fingerprint density at radius 3 is 2.41 bits per heavy atom. The second-order valence-corrected chi connectivity index (χ2v) is 9.69. The first-order chi connectivity index (χ1) is 7.78. The number of rotatable bonds is 4. The van der Waals surface area contributed by atoms with E-state index >= 15 is 0 Å². The maximum atomic E-state index is 11.4. The monoisotopic (exact) mass is 292 g/mol. The number of ether oxygens (including phenoxy) is 1. The summed E-state index contributed by atoms with van der Waals surface area (Å²) < 4.78 is 10.5. The molecule has 0 aliphatic heterocycles. The molecule has 17 heavy (non-hydrogen) atoms. The van der Waals surface area contributed by atoms with Crippen LogP contribution in [0.25, 0.3) is 0 Å². The van der Waals surface area contributed by atoms with Crippen molar-refractivity contribution < 1.29 is 14.0 Å². The molecule has 94 valence electrons. The Bertz CT molecular complexity index is 416. The van der Waals surface area contributed by atoms with Crippen molar-refractivity contribution in [2.75, 3.05) is 6.61 Å². The Kier molecular flexibility index (Phi) is 4.86. The predicted octanol–water partition coefficient (Wildman–Crippen LogP) is 3.75. The summed E-state index contributed by atoms with van der Waals surface area (Å²) in [5.41, 5.74) is 0. The molecule has 0 saturated heterocycles. The third-order valence-electron chi connectivity index (χ3n) is 1.67. The lowest BCUT2D eigenvalue weighted by Crippen LogP contribution is -2.31. The van der Waals surface area contributed by atoms with Crippen LogP contribution in [0.3, 0.4) is 0 Å². The van der Waals surface area contributed by atoms with Gasteiger partial charge in [-0.05, 0) is 31.8 Å². The quantitative estimate of drug-likeness (QED) is 0.793. The first kappa shape index (κ1) is 14.3. The Morgan fingerprint density at radius 1 is 1.24 bits per heavy atom. The molecule has 0 aliphatic rings. The number of benzene rings is 1. The largest absolute Gasteiger partial charge is 0.517 e. The number of hydrogen-bond acceptors (Lipinski definition) is 3. The van der Waals surface area contributed by atoms with Crippen LogP contribution < -0.4 is 4.74 Å². The molecule has 0 fully saturated rings. The fourth-order valence-electron chi connectivity index (χ4n) is 1.08. The average molecular weight is 293 g/mol. The summed E-state index contributed by atoms with van der Waals surface area (Å²) in [6.07, 6.45) is 0. The van der Waals surface area contributed by atoms with Gasteiger partial charge in [-0.3, -0.25) is 0 Å². The molecule has 0 bridgehead atoms. The van der Waals surface area contributed by atoms with Gasteiger partial charge >= 0.3 is 5.97 Å². The van der Waals surface area contributed by atoms with Gasteiger partial charge in [-0.15, -0.1) is 0 Å². The Labute approximate surface area is 112 Å². The second-order valence-electron chi connectivity index (χ2n) is 4.45. The third kappa shape index (κ3) is 5.43. The predicted molar refractivity (Wildman–Crippen MR) is 71.4 cm³/mol. The van der Waals surface area contributed by atoms with Gasteiger partial charge in [0.1, 0.15) is 5.75 Å². The van der Waals surface area contributed by atoms with Crippen molar-refractivity contribution in [1.29, 1.82) is 0 Å². The van der Waals surface area contributed by atoms with Gasteiger partial charge in [0.05, 0.1) is 10.0 Å². The molecule has 0 aromatic heterocycles. The van der Waals surface area contributed by atoms with E-state index in [1.807, 2.05) is 19.6 Å². The summed E-state index contributed by atoms with van der Waals surface area (Å²) in [6.45, 7) is 5.68. The molecule has 1 aromatic rings. The van der Waals surface area contributed by atoms with E-state index in [2.05, 4.69) is 0 Å². The number of hydrogen-bond donors (Lipinski definition) is 0. The molecule has 0 unspecified atom stereocenters. The fraction of sp³-hybridized carbons (Fsp3) is 0.364. The van der Waals surface area contributed by atoms with E-state index in [9.17, 15) is 4.79 Å². The standard InChI is InChI=1S/C11H14Cl2O3Si/c1-17(2,3)16-11(14)7-15-8-4-5-9(12)10(13)6-8/h4-6H,7H2,1-3H3. The number of carbonyl (C=O) groups excluding carboxylic acids is 1. The van der Waals surface area contributed by atoms with Gasteiger partial charge in [-0.2, -0.15) is 0 Å². The van der Waals surface area contributed by atoms with E-state index in [0.29, 0.717) is 15.8 Å². The van der Waals surface area contributed by atoms with E-state index in [-0.39, 0.29) is 12.6 Å². The number of carbonyl (C=O) groups is 1. The van der Waals surface area contributed by atoms with Crippen molar-refractivity contribution in [2.24, 2.45) is 0 Å². The Balaban J connectivity index is 2.50. The van der Waals surface area contributed by atoms with Crippen LogP contribution in [0.1, 0.15) is 0 Å². The molecule has 0 aliphatic carbocycles.